The molecular weight excluding hydrogens is 660 g/mol. The van der Waals surface area contributed by atoms with E-state index in [1.807, 2.05) is 24.4 Å². The van der Waals surface area contributed by atoms with Crippen LogP contribution in [0, 0.1) is 0 Å². The van der Waals surface area contributed by atoms with Gasteiger partial charge in [-0.05, 0) is 117 Å². The number of halogens is 6. The minimum absolute atomic E-state index is 0.150. The molecular formula is C37H35F6N5O2. The zero-order valence-electron chi connectivity index (χ0n) is 27.0. The maximum absolute atomic E-state index is 12.7. The van der Waals surface area contributed by atoms with Gasteiger partial charge in [0, 0.05) is 71.2 Å². The first-order valence-electron chi connectivity index (χ1n) is 16.8. The molecule has 5 aromatic rings. The predicted octanol–water partition coefficient (Wildman–Crippen LogP) is 9.02. The molecule has 6 aliphatic heterocycles. The van der Waals surface area contributed by atoms with E-state index in [0.717, 1.165) is 103 Å². The fraction of sp³-hybridized carbons (Fsp3) is 0.378. The Hall–Kier alpha value is -4.49. The number of rotatable bonds is 4. The van der Waals surface area contributed by atoms with Crippen LogP contribution in [0.4, 0.5) is 26.3 Å². The Morgan fingerprint density at radius 3 is 2.00 bits per heavy atom. The Morgan fingerprint density at radius 2 is 1.36 bits per heavy atom. The van der Waals surface area contributed by atoms with Gasteiger partial charge in [0.1, 0.15) is 11.5 Å². The minimum atomic E-state index is -4.70. The number of benzene rings is 2. The maximum atomic E-state index is 12.7. The average Bonchev–Trinajstić information content (AvgIpc) is 3.26. The molecule has 2 fully saturated rings. The molecule has 1 N–H and O–H groups in total. The van der Waals surface area contributed by atoms with E-state index in [2.05, 4.69) is 33.8 Å². The molecule has 7 nitrogen and oxygen atoms in total. The third-order valence-electron chi connectivity index (χ3n) is 10.3. The molecule has 0 amide bonds. The van der Waals surface area contributed by atoms with Gasteiger partial charge in [-0.2, -0.15) is 0 Å². The Labute approximate surface area is 284 Å². The molecule has 50 heavy (non-hydrogen) atoms. The molecule has 0 aliphatic carbocycles. The Bertz CT molecular complexity index is 2030. The first-order chi connectivity index (χ1) is 24.0. The molecule has 0 saturated carbocycles. The molecule has 262 valence electrons. The second-order valence-electron chi connectivity index (χ2n) is 13.4. The highest BCUT2D eigenvalue weighted by molar-refractivity contribution is 5.90. The summed E-state index contributed by atoms with van der Waals surface area (Å²) in [5.74, 6) is 0.580. The summed E-state index contributed by atoms with van der Waals surface area (Å²) in [7, 11) is 0. The number of pyridine rings is 1. The molecule has 9 heterocycles. The van der Waals surface area contributed by atoms with Crippen molar-refractivity contribution < 1.29 is 35.8 Å². The smallest absolute Gasteiger partial charge is 0.406 e. The Morgan fingerprint density at radius 1 is 0.740 bits per heavy atom. The van der Waals surface area contributed by atoms with Crippen molar-refractivity contribution in [1.82, 2.24) is 24.3 Å². The molecule has 2 saturated heterocycles. The Balaban J connectivity index is 0.000000152. The van der Waals surface area contributed by atoms with E-state index in [-0.39, 0.29) is 11.5 Å². The number of nitrogens with zero attached hydrogens (tertiary/aromatic N) is 4. The lowest BCUT2D eigenvalue weighted by Gasteiger charge is -2.27. The quantitative estimate of drug-likeness (QED) is 0.190. The van der Waals surface area contributed by atoms with Crippen molar-refractivity contribution in [1.29, 1.82) is 0 Å². The van der Waals surface area contributed by atoms with E-state index in [1.165, 1.54) is 35.7 Å². The highest BCUT2D eigenvalue weighted by Gasteiger charge is 2.35. The molecule has 0 unspecified atom stereocenters. The molecule has 0 spiro atoms. The van der Waals surface area contributed by atoms with Gasteiger partial charge in [-0.15, -0.1) is 26.3 Å². The van der Waals surface area contributed by atoms with Gasteiger partial charge in [0.05, 0.1) is 5.52 Å². The summed E-state index contributed by atoms with van der Waals surface area (Å²) in [6.07, 6.45) is 2.53. The summed E-state index contributed by atoms with van der Waals surface area (Å²) in [5.41, 5.74) is 7.43. The number of hydrogen-bond donors (Lipinski definition) is 1. The summed E-state index contributed by atoms with van der Waals surface area (Å²) < 4.78 is 85.7. The van der Waals surface area contributed by atoms with Crippen LogP contribution >= 0.6 is 0 Å². The molecule has 0 atom stereocenters. The van der Waals surface area contributed by atoms with Gasteiger partial charge < -0.3 is 19.0 Å². The number of ether oxygens (including phenoxy) is 2. The standard InChI is InChI=1S/C22H20F3N3O.C15H15F3N2O/c23-22(24,25)29-17-3-4-20-18(12-17)19-14-27-9-6-16(7-10-27)21(19)28(20)11-5-15-2-1-8-26-13-15;16-15(17,18)21-10-1-2-13-11(7-10)12-8-20-5-3-9(4-6-20)14(12)19-13/h1-5,8,11-13,16H,6-7,9-10,14H2;1-2,7,9,19H,3-6,8H2/b11-5+;. The number of nitrogens with one attached hydrogen (secondary N) is 1. The molecule has 4 bridgehead atoms. The largest absolute Gasteiger partial charge is 0.573 e. The van der Waals surface area contributed by atoms with Crippen molar-refractivity contribution in [2.45, 2.75) is 63.3 Å². The normalized spacial score (nSPS) is 22.9. The first-order valence-corrected chi connectivity index (χ1v) is 16.8. The van der Waals surface area contributed by atoms with Gasteiger partial charge in [0.2, 0.25) is 0 Å². The summed E-state index contributed by atoms with van der Waals surface area (Å²) in [6.45, 7) is 5.73. The summed E-state index contributed by atoms with van der Waals surface area (Å²) >= 11 is 0. The minimum Gasteiger partial charge on any atom is -0.406 e. The second-order valence-corrected chi connectivity index (χ2v) is 13.4. The molecule has 6 aliphatic rings. The van der Waals surface area contributed by atoms with Crippen LogP contribution < -0.4 is 9.47 Å². The molecule has 3 aromatic heterocycles. The van der Waals surface area contributed by atoms with Crippen molar-refractivity contribution in [3.8, 4) is 11.5 Å². The molecule has 11 rings (SSSR count). The van der Waals surface area contributed by atoms with Gasteiger partial charge in [-0.25, -0.2) is 0 Å². The van der Waals surface area contributed by atoms with Crippen molar-refractivity contribution >= 4 is 34.1 Å². The number of alkyl halides is 6. The molecule has 2 aromatic carbocycles. The van der Waals surface area contributed by atoms with Crippen LogP contribution in [0.5, 0.6) is 11.5 Å². The van der Waals surface area contributed by atoms with Crippen LogP contribution in [0.25, 0.3) is 34.1 Å². The number of aromatic amines is 1. The maximum Gasteiger partial charge on any atom is 0.573 e. The van der Waals surface area contributed by atoms with E-state index >= 15 is 0 Å². The number of aromatic nitrogens is 3. The van der Waals surface area contributed by atoms with Crippen LogP contribution in [0.15, 0.2) is 60.9 Å². The fourth-order valence-corrected chi connectivity index (χ4v) is 8.14. The average molecular weight is 696 g/mol. The second kappa shape index (κ2) is 12.7. The topological polar surface area (TPSA) is 58.5 Å². The highest BCUT2D eigenvalue weighted by Crippen LogP contribution is 2.43. The lowest BCUT2D eigenvalue weighted by atomic mass is 9.94. The van der Waals surface area contributed by atoms with Crippen LogP contribution in [-0.4, -0.2) is 63.2 Å². The summed E-state index contributed by atoms with van der Waals surface area (Å²) in [4.78, 5) is 12.3. The zero-order chi connectivity index (χ0) is 34.6. The van der Waals surface area contributed by atoms with Crippen molar-refractivity contribution in [2.24, 2.45) is 0 Å². The van der Waals surface area contributed by atoms with Gasteiger partial charge in [-0.3, -0.25) is 14.8 Å². The van der Waals surface area contributed by atoms with E-state index in [4.69, 9.17) is 0 Å². The number of fused-ring (bicyclic) bond motifs is 6. The summed E-state index contributed by atoms with van der Waals surface area (Å²) in [6, 6.07) is 13.0. The third kappa shape index (κ3) is 6.68. The Kier molecular flexibility index (Phi) is 8.29. The van der Waals surface area contributed by atoms with Gasteiger partial charge in [-0.1, -0.05) is 6.07 Å². The van der Waals surface area contributed by atoms with Crippen LogP contribution in [-0.2, 0) is 13.1 Å². The fourth-order valence-electron chi connectivity index (χ4n) is 8.14. The SMILES string of the molecule is FC(F)(F)Oc1ccc2[nH]c3c(c2c1)CN1CCC3CC1.FC(F)(F)Oc1ccc2c(c1)c1c(n2/C=C/c2cccnc2)C2CCN(CC2)C1. The van der Waals surface area contributed by atoms with Crippen LogP contribution in [0.3, 0.4) is 0 Å². The summed E-state index contributed by atoms with van der Waals surface area (Å²) in [5, 5.41) is 1.68. The number of hydrogen-bond acceptors (Lipinski definition) is 5. The lowest BCUT2D eigenvalue weighted by Crippen LogP contribution is -2.29. The van der Waals surface area contributed by atoms with Gasteiger partial charge >= 0.3 is 12.7 Å². The number of H-pyrrole nitrogens is 1. The monoisotopic (exact) mass is 695 g/mol. The third-order valence-corrected chi connectivity index (χ3v) is 10.3. The van der Waals surface area contributed by atoms with Crippen LogP contribution in [0.1, 0.15) is 65.6 Å². The first kappa shape index (κ1) is 32.7. The van der Waals surface area contributed by atoms with E-state index in [9.17, 15) is 26.3 Å². The van der Waals surface area contributed by atoms with Crippen molar-refractivity contribution in [2.75, 3.05) is 26.2 Å². The van der Waals surface area contributed by atoms with Gasteiger partial charge in [0.15, 0.2) is 0 Å². The van der Waals surface area contributed by atoms with Crippen molar-refractivity contribution in [3.63, 3.8) is 0 Å². The van der Waals surface area contributed by atoms with E-state index in [0.29, 0.717) is 11.8 Å². The molecule has 13 heteroatoms. The van der Waals surface area contributed by atoms with E-state index in [1.54, 1.807) is 24.5 Å². The van der Waals surface area contributed by atoms with Crippen molar-refractivity contribution in [3.05, 3.63) is 89.0 Å². The lowest BCUT2D eigenvalue weighted by molar-refractivity contribution is -0.275. The zero-order valence-corrected chi connectivity index (χ0v) is 27.0. The van der Waals surface area contributed by atoms with Crippen LogP contribution in [0.2, 0.25) is 0 Å². The number of piperidine rings is 2. The predicted molar refractivity (Wildman–Crippen MR) is 178 cm³/mol. The van der Waals surface area contributed by atoms with Gasteiger partial charge in [0.25, 0.3) is 0 Å². The molecule has 0 radical (unpaired) electrons. The van der Waals surface area contributed by atoms with E-state index < -0.39 is 12.7 Å². The highest BCUT2D eigenvalue weighted by atomic mass is 19.4.